The molecule has 1 fully saturated rings. The number of carbonyl (C=O) groups excluding carboxylic acids is 2. The first kappa shape index (κ1) is 26.4. The number of nitrogens with zero attached hydrogens (tertiary/aromatic N) is 3. The number of hydrogen-bond acceptors (Lipinski definition) is 6. The monoisotopic (exact) mass is 549 g/mol. The van der Waals surface area contributed by atoms with Gasteiger partial charge in [0.2, 0.25) is 0 Å². The molecule has 0 spiro atoms. The van der Waals surface area contributed by atoms with Crippen LogP contribution in [0.3, 0.4) is 0 Å². The predicted molar refractivity (Wildman–Crippen MR) is 153 cm³/mol. The summed E-state index contributed by atoms with van der Waals surface area (Å²) >= 11 is 0. The van der Waals surface area contributed by atoms with E-state index in [9.17, 15) is 14.7 Å². The third-order valence-electron chi connectivity index (χ3n) is 7.51. The number of aryl methyl sites for hydroxylation is 1. The number of aliphatic hydroxyl groups is 1. The van der Waals surface area contributed by atoms with Gasteiger partial charge in [0.05, 0.1) is 17.9 Å². The summed E-state index contributed by atoms with van der Waals surface area (Å²) in [6, 6.07) is 21.9. The van der Waals surface area contributed by atoms with Crippen molar-refractivity contribution >= 4 is 17.4 Å². The highest BCUT2D eigenvalue weighted by Crippen LogP contribution is 2.41. The van der Waals surface area contributed by atoms with Gasteiger partial charge in [0.1, 0.15) is 30.0 Å². The standard InChI is InChI=1S/C33H31N3O5/c1-22-17-26-18-25(11-12-28(26)41-22)31(37)29-30(36(33(39)32(29)38)15-6-14-35-16-13-34-21-35)24-9-5-10-27(19-24)40-20-23-7-3-2-4-8-23/h2-5,7-13,16,18-19,21-22,30,37H,6,14-15,17,20H2,1H3/b31-29+/t22-,30-/m1/s1. The van der Waals surface area contributed by atoms with Crippen LogP contribution in [-0.4, -0.2) is 43.9 Å². The number of ether oxygens (including phenoxy) is 2. The minimum absolute atomic E-state index is 0.0436. The number of Topliss-reactive ketones (excluding diaryl/α,β-unsaturated/α-hetero) is 1. The molecule has 3 aromatic carbocycles. The van der Waals surface area contributed by atoms with E-state index in [1.54, 1.807) is 23.5 Å². The van der Waals surface area contributed by atoms with Crippen LogP contribution in [0.5, 0.6) is 11.5 Å². The van der Waals surface area contributed by atoms with E-state index >= 15 is 0 Å². The minimum Gasteiger partial charge on any atom is -0.507 e. The van der Waals surface area contributed by atoms with Crippen molar-refractivity contribution < 1.29 is 24.2 Å². The van der Waals surface area contributed by atoms with Crippen molar-refractivity contribution in [2.75, 3.05) is 6.54 Å². The van der Waals surface area contributed by atoms with Gasteiger partial charge in [-0.2, -0.15) is 0 Å². The molecule has 1 N–H and O–H groups in total. The number of imidazole rings is 1. The molecule has 3 heterocycles. The molecule has 1 aromatic heterocycles. The van der Waals surface area contributed by atoms with Crippen molar-refractivity contribution in [2.45, 2.75) is 45.1 Å². The number of aromatic nitrogens is 2. The first-order valence-electron chi connectivity index (χ1n) is 13.8. The van der Waals surface area contributed by atoms with Crippen molar-refractivity contribution in [3.05, 3.63) is 119 Å². The maximum atomic E-state index is 13.5. The highest BCUT2D eigenvalue weighted by atomic mass is 16.5. The number of aliphatic hydroxyl groups excluding tert-OH is 1. The molecule has 0 aliphatic carbocycles. The molecule has 2 aliphatic rings. The largest absolute Gasteiger partial charge is 0.507 e. The maximum Gasteiger partial charge on any atom is 0.295 e. The Hall–Kier alpha value is -4.85. The van der Waals surface area contributed by atoms with E-state index < -0.39 is 17.7 Å². The number of amides is 1. The first-order chi connectivity index (χ1) is 20.0. The first-order valence-corrected chi connectivity index (χ1v) is 13.8. The third kappa shape index (κ3) is 5.45. The molecule has 0 radical (unpaired) electrons. The number of ketones is 1. The van der Waals surface area contributed by atoms with Crippen LogP contribution in [0.15, 0.2) is 97.1 Å². The van der Waals surface area contributed by atoms with E-state index in [2.05, 4.69) is 4.98 Å². The number of hydrogen-bond donors (Lipinski definition) is 1. The number of fused-ring (bicyclic) bond motifs is 1. The van der Waals surface area contributed by atoms with Crippen LogP contribution in [0.2, 0.25) is 0 Å². The van der Waals surface area contributed by atoms with Crippen LogP contribution in [0.4, 0.5) is 0 Å². The fraction of sp³-hybridized carbons (Fsp3) is 0.242. The Labute approximate surface area is 238 Å². The van der Waals surface area contributed by atoms with E-state index in [1.807, 2.05) is 84.4 Å². The van der Waals surface area contributed by atoms with E-state index in [4.69, 9.17) is 9.47 Å². The Morgan fingerprint density at radius 3 is 2.71 bits per heavy atom. The lowest BCUT2D eigenvalue weighted by Gasteiger charge is -2.26. The van der Waals surface area contributed by atoms with Crippen LogP contribution in [0, 0.1) is 0 Å². The number of likely N-dealkylation sites (tertiary alicyclic amines) is 1. The molecule has 6 rings (SSSR count). The average Bonchev–Trinajstić information content (AvgIpc) is 3.70. The number of carbonyl (C=O) groups is 2. The number of rotatable bonds is 9. The summed E-state index contributed by atoms with van der Waals surface area (Å²) in [6.07, 6.45) is 6.65. The lowest BCUT2D eigenvalue weighted by atomic mass is 9.94. The van der Waals surface area contributed by atoms with Crippen LogP contribution in [-0.2, 0) is 29.2 Å². The molecule has 1 saturated heterocycles. The minimum atomic E-state index is -0.763. The maximum absolute atomic E-state index is 13.5. The van der Waals surface area contributed by atoms with Gasteiger partial charge >= 0.3 is 0 Å². The van der Waals surface area contributed by atoms with Crippen LogP contribution >= 0.6 is 0 Å². The second-order valence-electron chi connectivity index (χ2n) is 10.4. The van der Waals surface area contributed by atoms with Crippen molar-refractivity contribution in [3.8, 4) is 11.5 Å². The second-order valence-corrected chi connectivity index (χ2v) is 10.4. The molecule has 2 aliphatic heterocycles. The normalized spacial score (nSPS) is 19.3. The highest BCUT2D eigenvalue weighted by Gasteiger charge is 2.46. The van der Waals surface area contributed by atoms with Crippen molar-refractivity contribution in [2.24, 2.45) is 0 Å². The lowest BCUT2D eigenvalue weighted by Crippen LogP contribution is -2.31. The molecular formula is C33H31N3O5. The van der Waals surface area contributed by atoms with Gasteiger partial charge in [-0.15, -0.1) is 0 Å². The molecule has 8 nitrogen and oxygen atoms in total. The number of benzene rings is 3. The molecular weight excluding hydrogens is 518 g/mol. The van der Waals surface area contributed by atoms with Gasteiger partial charge in [-0.05, 0) is 60.4 Å². The summed E-state index contributed by atoms with van der Waals surface area (Å²) in [7, 11) is 0. The third-order valence-corrected chi connectivity index (χ3v) is 7.51. The fourth-order valence-electron chi connectivity index (χ4n) is 5.54. The van der Waals surface area contributed by atoms with Gasteiger partial charge in [-0.25, -0.2) is 4.98 Å². The summed E-state index contributed by atoms with van der Waals surface area (Å²) in [6.45, 7) is 3.33. The molecule has 0 saturated carbocycles. The van der Waals surface area contributed by atoms with E-state index in [0.29, 0.717) is 49.4 Å². The van der Waals surface area contributed by atoms with Gasteiger partial charge in [-0.3, -0.25) is 9.59 Å². The zero-order valence-corrected chi connectivity index (χ0v) is 22.8. The zero-order valence-electron chi connectivity index (χ0n) is 22.8. The van der Waals surface area contributed by atoms with Crippen molar-refractivity contribution in [1.29, 1.82) is 0 Å². The molecule has 8 heteroatoms. The van der Waals surface area contributed by atoms with Gasteiger partial charge < -0.3 is 24.0 Å². The van der Waals surface area contributed by atoms with Crippen LogP contribution in [0.1, 0.15) is 41.6 Å². The Morgan fingerprint density at radius 2 is 1.90 bits per heavy atom. The van der Waals surface area contributed by atoms with Crippen molar-refractivity contribution in [1.82, 2.24) is 14.5 Å². The Morgan fingerprint density at radius 1 is 1.05 bits per heavy atom. The average molecular weight is 550 g/mol. The van der Waals surface area contributed by atoms with Gasteiger partial charge in [0, 0.05) is 37.5 Å². The fourth-order valence-corrected chi connectivity index (χ4v) is 5.54. The van der Waals surface area contributed by atoms with Gasteiger partial charge in [0.25, 0.3) is 11.7 Å². The van der Waals surface area contributed by atoms with E-state index in [1.165, 1.54) is 0 Å². The topological polar surface area (TPSA) is 93.9 Å². The molecule has 0 unspecified atom stereocenters. The SMILES string of the molecule is C[C@@H]1Cc2cc(/C(O)=C3\C(=O)C(=O)N(CCCn4ccnc4)[C@@H]3c3cccc(OCc4ccccc4)c3)ccc2O1. The molecule has 1 amide bonds. The highest BCUT2D eigenvalue weighted by molar-refractivity contribution is 6.46. The summed E-state index contributed by atoms with van der Waals surface area (Å²) in [5, 5.41) is 11.5. The van der Waals surface area contributed by atoms with E-state index in [-0.39, 0.29) is 17.4 Å². The van der Waals surface area contributed by atoms with Crippen LogP contribution in [0.25, 0.3) is 5.76 Å². The molecule has 208 valence electrons. The summed E-state index contributed by atoms with van der Waals surface area (Å²) in [4.78, 5) is 32.6. The summed E-state index contributed by atoms with van der Waals surface area (Å²) in [5.41, 5.74) is 3.24. The lowest BCUT2D eigenvalue weighted by molar-refractivity contribution is -0.139. The Bertz CT molecular complexity index is 1600. The smallest absolute Gasteiger partial charge is 0.295 e. The molecule has 4 aromatic rings. The Balaban J connectivity index is 1.35. The molecule has 41 heavy (non-hydrogen) atoms. The van der Waals surface area contributed by atoms with Gasteiger partial charge in [0.15, 0.2) is 0 Å². The summed E-state index contributed by atoms with van der Waals surface area (Å²) in [5.74, 6) is -0.136. The van der Waals surface area contributed by atoms with Crippen molar-refractivity contribution in [3.63, 3.8) is 0 Å². The second kappa shape index (κ2) is 11.3. The quantitative estimate of drug-likeness (QED) is 0.173. The van der Waals surface area contributed by atoms with Gasteiger partial charge in [-0.1, -0.05) is 42.5 Å². The Kier molecular flexibility index (Phi) is 7.29. The predicted octanol–water partition coefficient (Wildman–Crippen LogP) is 5.30. The van der Waals surface area contributed by atoms with Crippen LogP contribution < -0.4 is 9.47 Å². The zero-order chi connectivity index (χ0) is 28.3. The molecule has 2 atom stereocenters. The van der Waals surface area contributed by atoms with E-state index in [0.717, 1.165) is 16.9 Å². The molecule has 0 bridgehead atoms. The summed E-state index contributed by atoms with van der Waals surface area (Å²) < 4.78 is 13.8.